The Morgan fingerprint density at radius 1 is 1.57 bits per heavy atom. The smallest absolute Gasteiger partial charge is 0.239 e. The van der Waals surface area contributed by atoms with Gasteiger partial charge < -0.3 is 5.32 Å². The van der Waals surface area contributed by atoms with Gasteiger partial charge in [-0.25, -0.2) is 10.8 Å². The second-order valence-electron chi connectivity index (χ2n) is 3.68. The van der Waals surface area contributed by atoms with Crippen LogP contribution >= 0.6 is 0 Å². The minimum Gasteiger partial charge on any atom is -0.367 e. The summed E-state index contributed by atoms with van der Waals surface area (Å²) in [5.74, 6) is 7.29. The van der Waals surface area contributed by atoms with Crippen molar-refractivity contribution in [2.75, 3.05) is 10.7 Å². The van der Waals surface area contributed by atoms with Crippen molar-refractivity contribution in [3.05, 3.63) is 12.3 Å². The number of hydrazine groups is 1. The molecule has 1 fully saturated rings. The highest BCUT2D eigenvalue weighted by atomic mass is 15.3. The molecule has 1 atom stereocenters. The molecule has 76 valence electrons. The lowest BCUT2D eigenvalue weighted by molar-refractivity contribution is 0.690. The topological polar surface area (TPSA) is 75.9 Å². The van der Waals surface area contributed by atoms with Gasteiger partial charge in [-0.15, -0.1) is 0 Å². The number of nitrogens with zero attached hydrogens (tertiary/aromatic N) is 2. The summed E-state index contributed by atoms with van der Waals surface area (Å²) in [5, 5.41) is 3.33. The van der Waals surface area contributed by atoms with E-state index >= 15 is 0 Å². The molecule has 1 aromatic heterocycles. The fourth-order valence-electron chi connectivity index (χ4n) is 1.46. The van der Waals surface area contributed by atoms with Crippen LogP contribution in [0.15, 0.2) is 12.3 Å². The van der Waals surface area contributed by atoms with Crippen LogP contribution in [-0.2, 0) is 0 Å². The van der Waals surface area contributed by atoms with E-state index in [1.165, 1.54) is 12.8 Å². The van der Waals surface area contributed by atoms with E-state index in [2.05, 4.69) is 27.6 Å². The second kappa shape index (κ2) is 3.79. The number of hydrogen-bond acceptors (Lipinski definition) is 5. The maximum absolute atomic E-state index is 5.22. The van der Waals surface area contributed by atoms with Gasteiger partial charge in [-0.3, -0.25) is 5.43 Å². The van der Waals surface area contributed by atoms with Crippen molar-refractivity contribution in [2.24, 2.45) is 11.8 Å². The zero-order valence-corrected chi connectivity index (χ0v) is 8.20. The number of hydrogen-bond donors (Lipinski definition) is 3. The van der Waals surface area contributed by atoms with Crippen molar-refractivity contribution in [3.63, 3.8) is 0 Å². The van der Waals surface area contributed by atoms with Gasteiger partial charge in [0, 0.05) is 12.2 Å². The predicted octanol–water partition coefficient (Wildman–Crippen LogP) is 0.973. The number of anilines is 2. The van der Waals surface area contributed by atoms with Crippen molar-refractivity contribution in [1.82, 2.24) is 9.97 Å². The zero-order valence-electron chi connectivity index (χ0n) is 8.20. The maximum Gasteiger partial charge on any atom is 0.239 e. The highest BCUT2D eigenvalue weighted by Crippen LogP contribution is 2.33. The molecule has 5 nitrogen and oxygen atoms in total. The van der Waals surface area contributed by atoms with Gasteiger partial charge in [0.05, 0.1) is 0 Å². The molecule has 0 radical (unpaired) electrons. The number of rotatable bonds is 4. The standard InChI is InChI=1S/C9H15N5/c1-6(7-2-3-7)12-8-4-5-11-9(13-8)14-10/h4-7H,2-3,10H2,1H3,(H2,11,12,13,14). The summed E-state index contributed by atoms with van der Waals surface area (Å²) in [6, 6.07) is 2.33. The third-order valence-electron chi connectivity index (χ3n) is 2.49. The Bertz CT molecular complexity index is 310. The highest BCUT2D eigenvalue weighted by molar-refractivity contribution is 5.39. The molecule has 2 rings (SSSR count). The largest absolute Gasteiger partial charge is 0.367 e. The predicted molar refractivity (Wildman–Crippen MR) is 55.7 cm³/mol. The average molecular weight is 193 g/mol. The first-order valence-electron chi connectivity index (χ1n) is 4.86. The first-order valence-corrected chi connectivity index (χ1v) is 4.86. The highest BCUT2D eigenvalue weighted by Gasteiger charge is 2.27. The van der Waals surface area contributed by atoms with Gasteiger partial charge in [0.15, 0.2) is 0 Å². The van der Waals surface area contributed by atoms with Crippen LogP contribution in [0.25, 0.3) is 0 Å². The van der Waals surface area contributed by atoms with Crippen LogP contribution in [-0.4, -0.2) is 16.0 Å². The van der Waals surface area contributed by atoms with Crippen LogP contribution in [0.5, 0.6) is 0 Å². The molecule has 1 heterocycles. The van der Waals surface area contributed by atoms with Crippen molar-refractivity contribution in [2.45, 2.75) is 25.8 Å². The fraction of sp³-hybridized carbons (Fsp3) is 0.556. The van der Waals surface area contributed by atoms with Gasteiger partial charge in [-0.2, -0.15) is 4.98 Å². The Hall–Kier alpha value is -1.36. The lowest BCUT2D eigenvalue weighted by atomic mass is 10.2. The van der Waals surface area contributed by atoms with E-state index in [1.54, 1.807) is 6.20 Å². The average Bonchev–Trinajstić information content (AvgIpc) is 3.01. The van der Waals surface area contributed by atoms with E-state index in [1.807, 2.05) is 6.07 Å². The second-order valence-corrected chi connectivity index (χ2v) is 3.68. The molecular formula is C9H15N5. The molecule has 14 heavy (non-hydrogen) atoms. The van der Waals surface area contributed by atoms with E-state index in [0.29, 0.717) is 12.0 Å². The van der Waals surface area contributed by atoms with Crippen molar-refractivity contribution in [3.8, 4) is 0 Å². The van der Waals surface area contributed by atoms with Gasteiger partial charge in [0.2, 0.25) is 5.95 Å². The summed E-state index contributed by atoms with van der Waals surface area (Å²) < 4.78 is 0. The Kier molecular flexibility index (Phi) is 2.49. The van der Waals surface area contributed by atoms with E-state index in [0.717, 1.165) is 11.7 Å². The SMILES string of the molecule is CC(Nc1ccnc(NN)n1)C1CC1. The van der Waals surface area contributed by atoms with Crippen LogP contribution < -0.4 is 16.6 Å². The molecule has 0 bridgehead atoms. The molecule has 0 spiro atoms. The van der Waals surface area contributed by atoms with Crippen LogP contribution in [0, 0.1) is 5.92 Å². The van der Waals surface area contributed by atoms with Crippen molar-refractivity contribution in [1.29, 1.82) is 0 Å². The molecule has 0 amide bonds. The fourth-order valence-corrected chi connectivity index (χ4v) is 1.46. The van der Waals surface area contributed by atoms with Crippen LogP contribution in [0.1, 0.15) is 19.8 Å². The molecule has 1 saturated carbocycles. The molecule has 1 aliphatic rings. The van der Waals surface area contributed by atoms with Crippen LogP contribution in [0.3, 0.4) is 0 Å². The molecule has 5 heteroatoms. The zero-order chi connectivity index (χ0) is 9.97. The maximum atomic E-state index is 5.22. The molecule has 1 aliphatic carbocycles. The Labute approximate surface area is 83.1 Å². The normalized spacial score (nSPS) is 17.6. The summed E-state index contributed by atoms with van der Waals surface area (Å²) in [6.45, 7) is 2.18. The minimum atomic E-state index is 0.443. The van der Waals surface area contributed by atoms with Crippen molar-refractivity contribution < 1.29 is 0 Å². The van der Waals surface area contributed by atoms with Gasteiger partial charge in [0.25, 0.3) is 0 Å². The molecule has 1 unspecified atom stereocenters. The number of nitrogen functional groups attached to an aromatic ring is 1. The van der Waals surface area contributed by atoms with E-state index in [4.69, 9.17) is 5.84 Å². The minimum absolute atomic E-state index is 0.443. The summed E-state index contributed by atoms with van der Waals surface area (Å²) in [7, 11) is 0. The molecule has 4 N–H and O–H groups in total. The third-order valence-corrected chi connectivity index (χ3v) is 2.49. The first kappa shape index (κ1) is 9.21. The summed E-state index contributed by atoms with van der Waals surface area (Å²) in [4.78, 5) is 8.12. The van der Waals surface area contributed by atoms with Gasteiger partial charge in [-0.05, 0) is 31.7 Å². The molecular weight excluding hydrogens is 178 g/mol. The van der Waals surface area contributed by atoms with E-state index in [-0.39, 0.29) is 0 Å². The number of nitrogens with two attached hydrogens (primary N) is 1. The van der Waals surface area contributed by atoms with Gasteiger partial charge >= 0.3 is 0 Å². The summed E-state index contributed by atoms with van der Waals surface area (Å²) >= 11 is 0. The summed E-state index contributed by atoms with van der Waals surface area (Å²) in [6.07, 6.45) is 4.33. The van der Waals surface area contributed by atoms with E-state index < -0.39 is 0 Å². The molecule has 0 aliphatic heterocycles. The Morgan fingerprint density at radius 3 is 3.00 bits per heavy atom. The summed E-state index contributed by atoms with van der Waals surface area (Å²) in [5.41, 5.74) is 2.42. The number of aromatic nitrogens is 2. The third kappa shape index (κ3) is 2.11. The number of nitrogens with one attached hydrogen (secondary N) is 2. The Balaban J connectivity index is 2.00. The first-order chi connectivity index (χ1) is 6.79. The van der Waals surface area contributed by atoms with Crippen molar-refractivity contribution >= 4 is 11.8 Å². The van der Waals surface area contributed by atoms with Crippen LogP contribution in [0.4, 0.5) is 11.8 Å². The molecule has 0 aromatic carbocycles. The molecule has 1 aromatic rings. The van der Waals surface area contributed by atoms with E-state index in [9.17, 15) is 0 Å². The lowest BCUT2D eigenvalue weighted by Crippen LogP contribution is -2.19. The Morgan fingerprint density at radius 2 is 2.36 bits per heavy atom. The molecule has 0 saturated heterocycles. The lowest BCUT2D eigenvalue weighted by Gasteiger charge is -2.13. The van der Waals surface area contributed by atoms with Gasteiger partial charge in [0.1, 0.15) is 5.82 Å². The van der Waals surface area contributed by atoms with Gasteiger partial charge in [-0.1, -0.05) is 0 Å². The monoisotopic (exact) mass is 193 g/mol. The quantitative estimate of drug-likeness (QED) is 0.490. The van der Waals surface area contributed by atoms with Crippen LogP contribution in [0.2, 0.25) is 0 Å².